The van der Waals surface area contributed by atoms with Crippen LogP contribution in [0.2, 0.25) is 0 Å². The van der Waals surface area contributed by atoms with E-state index in [-0.39, 0.29) is 24.0 Å². The Balaban J connectivity index is 1.56. The molecule has 10 nitrogen and oxygen atoms in total. The Morgan fingerprint density at radius 2 is 1.97 bits per heavy atom. The fourth-order valence-corrected chi connectivity index (χ4v) is 4.13. The number of nitrogens with zero attached hydrogens (tertiary/aromatic N) is 3. The summed E-state index contributed by atoms with van der Waals surface area (Å²) >= 11 is 0. The van der Waals surface area contributed by atoms with E-state index in [9.17, 15) is 28.2 Å². The Labute approximate surface area is 168 Å². The summed E-state index contributed by atoms with van der Waals surface area (Å²) in [6.45, 7) is -0.463. The molecule has 13 heteroatoms. The van der Waals surface area contributed by atoms with Crippen LogP contribution in [0.25, 0.3) is 0 Å². The van der Waals surface area contributed by atoms with Crippen LogP contribution >= 0.6 is 0 Å². The Morgan fingerprint density at radius 3 is 2.57 bits per heavy atom. The van der Waals surface area contributed by atoms with E-state index in [1.807, 2.05) is 0 Å². The molecule has 0 bridgehead atoms. The highest BCUT2D eigenvalue weighted by atomic mass is 19.4. The highest BCUT2D eigenvalue weighted by molar-refractivity contribution is 5.90. The number of hydrogen-bond acceptors (Lipinski definition) is 10. The van der Waals surface area contributed by atoms with E-state index in [1.54, 1.807) is 0 Å². The van der Waals surface area contributed by atoms with Crippen molar-refractivity contribution in [2.45, 2.75) is 36.1 Å². The number of nitrogens with two attached hydrogens (primary N) is 2. The minimum absolute atomic E-state index is 0.00196. The molecule has 1 aromatic carbocycles. The number of halogens is 3. The quantitative estimate of drug-likeness (QED) is 0.367. The molecule has 1 aromatic rings. The number of ether oxygens (including phenoxy) is 1. The first-order valence-corrected chi connectivity index (χ1v) is 8.97. The van der Waals surface area contributed by atoms with Crippen molar-refractivity contribution in [3.63, 3.8) is 0 Å². The Kier molecular flexibility index (Phi) is 4.54. The van der Waals surface area contributed by atoms with Crippen LogP contribution in [0.4, 0.5) is 13.2 Å². The number of carbonyl (C=O) groups is 1. The zero-order valence-corrected chi connectivity index (χ0v) is 15.4. The summed E-state index contributed by atoms with van der Waals surface area (Å²) in [5.74, 6) is -0.918. The molecule has 0 radical (unpaired) electrons. The van der Waals surface area contributed by atoms with Gasteiger partial charge in [0.2, 0.25) is 0 Å². The first-order chi connectivity index (χ1) is 14.1. The smallest absolute Gasteiger partial charge is 0.416 e. The molecular weight excluding hydrogens is 409 g/mol. The average molecular weight is 428 g/mol. The van der Waals surface area contributed by atoms with E-state index in [0.29, 0.717) is 0 Å². The van der Waals surface area contributed by atoms with Gasteiger partial charge in [-0.3, -0.25) is 0 Å². The molecule has 3 aliphatic heterocycles. The molecule has 5 unspecified atom stereocenters. The highest BCUT2D eigenvalue weighted by Crippen LogP contribution is 2.40. The molecule has 0 saturated carbocycles. The van der Waals surface area contributed by atoms with E-state index in [0.717, 1.165) is 24.3 Å². The molecule has 0 aromatic heterocycles. The molecule has 3 aliphatic rings. The van der Waals surface area contributed by atoms with Gasteiger partial charge in [0.1, 0.15) is 24.3 Å². The predicted molar refractivity (Wildman–Crippen MR) is 97.1 cm³/mol. The lowest BCUT2D eigenvalue weighted by molar-refractivity contribution is -0.137. The van der Waals surface area contributed by atoms with Crippen LogP contribution < -0.4 is 16.8 Å². The molecule has 30 heavy (non-hydrogen) atoms. The number of aliphatic imine (C=N–C) groups is 2. The average Bonchev–Trinajstić information content (AvgIpc) is 3.18. The molecule has 1 spiro atoms. The second-order valence-electron chi connectivity index (χ2n) is 7.22. The van der Waals surface area contributed by atoms with Gasteiger partial charge in [-0.15, -0.1) is 0 Å². The lowest BCUT2D eigenvalue weighted by Gasteiger charge is -2.45. The number of carbonyl (C=O) groups excluding carboxylic acids is 1. The summed E-state index contributed by atoms with van der Waals surface area (Å²) in [5.41, 5.74) is 9.38. The standard InChI is InChI=1S/C17H19F3N6O4/c18-17(19,20)8-3-1-7(2-4-8)13(29)30-10-5-26-15(22)23-9(6-27)11-16(26,12(10)28)25-14(21)24-11/h1-4,9-12,27-28H,5-6H2,(H2,22,23)(H3,21,24,25). The van der Waals surface area contributed by atoms with Gasteiger partial charge >= 0.3 is 12.1 Å². The number of aliphatic hydroxyl groups is 2. The maximum Gasteiger partial charge on any atom is 0.416 e. The minimum Gasteiger partial charge on any atom is -0.454 e. The van der Waals surface area contributed by atoms with Gasteiger partial charge in [-0.2, -0.15) is 13.2 Å². The van der Waals surface area contributed by atoms with Crippen LogP contribution in [-0.4, -0.2) is 76.1 Å². The van der Waals surface area contributed by atoms with Gasteiger partial charge in [0.25, 0.3) is 0 Å². The normalized spacial score (nSPS) is 32.6. The third kappa shape index (κ3) is 2.92. The van der Waals surface area contributed by atoms with Crippen LogP contribution in [0.1, 0.15) is 15.9 Å². The lowest BCUT2D eigenvalue weighted by Crippen LogP contribution is -2.72. The Hall–Kier alpha value is -3.06. The number of hydrogen-bond donors (Lipinski definition) is 5. The number of rotatable bonds is 3. The topological polar surface area (TPSA) is 159 Å². The van der Waals surface area contributed by atoms with Crippen LogP contribution in [-0.2, 0) is 10.9 Å². The van der Waals surface area contributed by atoms with Gasteiger partial charge in [0.05, 0.1) is 24.3 Å². The number of esters is 1. The van der Waals surface area contributed by atoms with Crippen molar-refractivity contribution in [3.8, 4) is 0 Å². The molecule has 3 heterocycles. The van der Waals surface area contributed by atoms with Crippen molar-refractivity contribution in [3.05, 3.63) is 35.4 Å². The molecular formula is C17H19F3N6O4. The Morgan fingerprint density at radius 1 is 1.30 bits per heavy atom. The molecule has 1 saturated heterocycles. The number of nitrogens with one attached hydrogen (secondary N) is 1. The van der Waals surface area contributed by atoms with E-state index in [1.165, 1.54) is 4.90 Å². The summed E-state index contributed by atoms with van der Waals surface area (Å²) < 4.78 is 43.5. The molecule has 0 aliphatic carbocycles. The zero-order chi connectivity index (χ0) is 21.8. The predicted octanol–water partition coefficient (Wildman–Crippen LogP) is -1.42. The highest BCUT2D eigenvalue weighted by Gasteiger charge is 2.66. The minimum atomic E-state index is -4.53. The van der Waals surface area contributed by atoms with E-state index in [4.69, 9.17) is 16.2 Å². The van der Waals surface area contributed by atoms with Gasteiger partial charge in [0, 0.05) is 0 Å². The van der Waals surface area contributed by atoms with Crippen molar-refractivity contribution in [1.29, 1.82) is 0 Å². The van der Waals surface area contributed by atoms with Gasteiger partial charge in [-0.1, -0.05) is 0 Å². The van der Waals surface area contributed by atoms with Gasteiger partial charge in [0.15, 0.2) is 17.6 Å². The van der Waals surface area contributed by atoms with Crippen LogP contribution in [0, 0.1) is 0 Å². The SMILES string of the molecule is NC1=NC2C(CO)N=C(N)N3CC(OC(=O)c4ccc(C(F)(F)F)cc4)C(O)C23N1. The molecule has 0 amide bonds. The summed E-state index contributed by atoms with van der Waals surface area (Å²) in [7, 11) is 0. The number of guanidine groups is 2. The van der Waals surface area contributed by atoms with Gasteiger partial charge < -0.3 is 36.6 Å². The second-order valence-corrected chi connectivity index (χ2v) is 7.22. The van der Waals surface area contributed by atoms with Crippen LogP contribution in [0.3, 0.4) is 0 Å². The monoisotopic (exact) mass is 428 g/mol. The molecule has 162 valence electrons. The van der Waals surface area contributed by atoms with E-state index in [2.05, 4.69) is 15.3 Å². The third-order valence-electron chi connectivity index (χ3n) is 5.50. The van der Waals surface area contributed by atoms with Gasteiger partial charge in [-0.25, -0.2) is 14.8 Å². The summed E-state index contributed by atoms with van der Waals surface area (Å²) in [4.78, 5) is 22.3. The van der Waals surface area contributed by atoms with Crippen molar-refractivity contribution >= 4 is 17.9 Å². The Bertz CT molecular complexity index is 921. The van der Waals surface area contributed by atoms with Crippen molar-refractivity contribution in [2.75, 3.05) is 13.2 Å². The first-order valence-electron chi connectivity index (χ1n) is 8.97. The van der Waals surface area contributed by atoms with Crippen molar-refractivity contribution < 1.29 is 32.9 Å². The van der Waals surface area contributed by atoms with Gasteiger partial charge in [-0.05, 0) is 24.3 Å². The number of benzene rings is 1. The third-order valence-corrected chi connectivity index (χ3v) is 5.50. The second kappa shape index (κ2) is 6.74. The molecule has 7 N–H and O–H groups in total. The molecule has 1 fully saturated rings. The first kappa shape index (κ1) is 20.2. The number of aliphatic hydroxyl groups excluding tert-OH is 2. The van der Waals surface area contributed by atoms with Crippen LogP contribution in [0.5, 0.6) is 0 Å². The molecule has 4 rings (SSSR count). The van der Waals surface area contributed by atoms with E-state index >= 15 is 0 Å². The zero-order valence-electron chi connectivity index (χ0n) is 15.4. The fraction of sp³-hybridized carbons (Fsp3) is 0.471. The van der Waals surface area contributed by atoms with E-state index < -0.39 is 54.3 Å². The maximum absolute atomic E-state index is 12.7. The molecule has 5 atom stereocenters. The summed E-state index contributed by atoms with van der Waals surface area (Å²) in [6, 6.07) is 1.96. The lowest BCUT2D eigenvalue weighted by atomic mass is 9.88. The van der Waals surface area contributed by atoms with Crippen molar-refractivity contribution in [1.82, 2.24) is 10.2 Å². The summed E-state index contributed by atoms with van der Waals surface area (Å²) in [6.07, 6.45) is -7.01. The maximum atomic E-state index is 12.7. The fourth-order valence-electron chi connectivity index (χ4n) is 4.13. The summed E-state index contributed by atoms with van der Waals surface area (Å²) in [5, 5.41) is 23.5. The van der Waals surface area contributed by atoms with Crippen molar-refractivity contribution in [2.24, 2.45) is 21.5 Å². The number of alkyl halides is 3. The largest absolute Gasteiger partial charge is 0.454 e. The van der Waals surface area contributed by atoms with Crippen LogP contribution in [0.15, 0.2) is 34.3 Å².